The fourth-order valence-electron chi connectivity index (χ4n) is 3.42. The first kappa shape index (κ1) is 58.5. The SMILES string of the molecule is O=C(O)c1ccccn1.O=C(O)c1ccccn1.O=C(O)c1ccccn1.O=C(O)c1ccccn1.O=C(O)c1ccccn1.O=C(O)c1ccccn1.O=C(O)c1ccccn1.[Cr].[Cr]. The number of carboxylic acid groups (broad SMARTS) is 7. The van der Waals surface area contributed by atoms with Crippen LogP contribution in [-0.4, -0.2) is 112 Å². The smallest absolute Gasteiger partial charge is 0.354 e. The first-order chi connectivity index (χ1) is 30.1. The van der Waals surface area contributed by atoms with Crippen molar-refractivity contribution in [2.45, 2.75) is 0 Å². The van der Waals surface area contributed by atoms with Crippen LogP contribution < -0.4 is 0 Å². The van der Waals surface area contributed by atoms with Crippen LogP contribution in [0.5, 0.6) is 0 Å². The largest absolute Gasteiger partial charge is 0.477 e. The fraction of sp³-hybridized carbons (Fsp3) is 0. The third-order valence-corrected chi connectivity index (χ3v) is 6.19. The van der Waals surface area contributed by atoms with Crippen molar-refractivity contribution >= 4 is 41.8 Å². The van der Waals surface area contributed by atoms with Crippen molar-refractivity contribution in [1.82, 2.24) is 34.9 Å². The van der Waals surface area contributed by atoms with Crippen LogP contribution in [0.15, 0.2) is 171 Å². The number of aromatic nitrogens is 7. The molecule has 0 aromatic carbocycles. The molecule has 0 saturated carbocycles. The summed E-state index contributed by atoms with van der Waals surface area (Å²) in [6.07, 6.45) is 10.1. The normalized spacial score (nSPS) is 8.62. The van der Waals surface area contributed by atoms with Gasteiger partial charge in [0.05, 0.1) is 0 Å². The molecule has 0 amide bonds. The van der Waals surface area contributed by atoms with E-state index in [9.17, 15) is 33.6 Å². The number of rotatable bonds is 7. The summed E-state index contributed by atoms with van der Waals surface area (Å²) in [5, 5.41) is 58.3. The van der Waals surface area contributed by atoms with Gasteiger partial charge in [0.1, 0.15) is 39.9 Å². The predicted molar refractivity (Wildman–Crippen MR) is 218 cm³/mol. The van der Waals surface area contributed by atoms with Gasteiger partial charge in [0, 0.05) is 78.1 Å². The molecule has 23 heteroatoms. The molecule has 0 aliphatic rings. The van der Waals surface area contributed by atoms with Crippen LogP contribution in [0.4, 0.5) is 0 Å². The van der Waals surface area contributed by atoms with Gasteiger partial charge in [-0.3, -0.25) is 0 Å². The van der Waals surface area contributed by atoms with Gasteiger partial charge in [0.15, 0.2) is 0 Å². The molecule has 7 heterocycles. The van der Waals surface area contributed by atoms with E-state index in [-0.39, 0.29) is 74.6 Å². The Balaban J connectivity index is 0. The van der Waals surface area contributed by atoms with E-state index < -0.39 is 41.8 Å². The van der Waals surface area contributed by atoms with Gasteiger partial charge in [-0.15, -0.1) is 0 Å². The van der Waals surface area contributed by atoms with Crippen molar-refractivity contribution in [3.05, 3.63) is 211 Å². The second-order valence-corrected chi connectivity index (χ2v) is 10.6. The molecule has 334 valence electrons. The van der Waals surface area contributed by atoms with Crippen LogP contribution in [0.3, 0.4) is 0 Å². The number of aromatic carboxylic acids is 7. The maximum Gasteiger partial charge on any atom is 0.354 e. The summed E-state index contributed by atoms with van der Waals surface area (Å²) in [4.78, 5) is 96.0. The molecule has 0 saturated heterocycles. The minimum Gasteiger partial charge on any atom is -0.477 e. The summed E-state index contributed by atoms with van der Waals surface area (Å²) in [6, 6.07) is 33.3. The van der Waals surface area contributed by atoms with Gasteiger partial charge in [0.25, 0.3) is 0 Å². The number of hydrogen-bond acceptors (Lipinski definition) is 14. The minimum absolute atomic E-state index is 0. The number of pyridine rings is 7. The monoisotopic (exact) mass is 965 g/mol. The zero-order chi connectivity index (χ0) is 46.8. The van der Waals surface area contributed by atoms with Crippen LogP contribution in [0.2, 0.25) is 0 Å². The van der Waals surface area contributed by atoms with Gasteiger partial charge in [-0.1, -0.05) is 42.5 Å². The molecule has 0 fully saturated rings. The van der Waals surface area contributed by atoms with Crippen molar-refractivity contribution < 1.29 is 104 Å². The number of hydrogen-bond donors (Lipinski definition) is 7. The zero-order valence-corrected chi connectivity index (χ0v) is 35.7. The van der Waals surface area contributed by atoms with E-state index in [1.807, 2.05) is 0 Å². The van der Waals surface area contributed by atoms with E-state index in [1.54, 1.807) is 84.9 Å². The molecule has 0 radical (unpaired) electrons. The molecule has 21 nitrogen and oxygen atoms in total. The van der Waals surface area contributed by atoms with Crippen LogP contribution in [0.25, 0.3) is 0 Å². The molecule has 65 heavy (non-hydrogen) atoms. The summed E-state index contributed by atoms with van der Waals surface area (Å²) in [7, 11) is 0. The molecule has 7 rings (SSSR count). The Kier molecular flexibility index (Phi) is 31.5. The first-order valence-corrected chi connectivity index (χ1v) is 17.1. The predicted octanol–water partition coefficient (Wildman–Crippen LogP) is 5.45. The molecule has 7 aromatic heterocycles. The van der Waals surface area contributed by atoms with Gasteiger partial charge in [-0.25, -0.2) is 68.4 Å². The maximum atomic E-state index is 10.1. The Labute approximate surface area is 389 Å². The summed E-state index contributed by atoms with van der Waals surface area (Å²) in [5.74, 6) is -6.93. The molecule has 0 aliphatic heterocycles. The molecular formula is C42H35Cr2N7O14. The average Bonchev–Trinajstić information content (AvgIpc) is 3.32. The van der Waals surface area contributed by atoms with Crippen molar-refractivity contribution in [1.29, 1.82) is 0 Å². The van der Waals surface area contributed by atoms with Gasteiger partial charge in [-0.05, 0) is 84.9 Å². The first-order valence-electron chi connectivity index (χ1n) is 17.1. The van der Waals surface area contributed by atoms with E-state index >= 15 is 0 Å². The molecule has 0 atom stereocenters. The standard InChI is InChI=1S/7C6H5NO2.2Cr/c7*8-6(9)5-3-1-2-4-7-5;;/h7*1-4H,(H,8,9);;. The summed E-state index contributed by atoms with van der Waals surface area (Å²) in [5.41, 5.74) is 0.567. The minimum atomic E-state index is -0.990. The van der Waals surface area contributed by atoms with E-state index in [0.29, 0.717) is 0 Å². The molecule has 0 spiro atoms. The van der Waals surface area contributed by atoms with E-state index in [1.165, 1.54) is 85.8 Å². The van der Waals surface area contributed by atoms with E-state index in [2.05, 4.69) is 34.9 Å². The topological polar surface area (TPSA) is 351 Å². The van der Waals surface area contributed by atoms with Crippen LogP contribution in [0, 0.1) is 0 Å². The maximum absolute atomic E-state index is 10.1. The quantitative estimate of drug-likeness (QED) is 0.104. The fourth-order valence-corrected chi connectivity index (χ4v) is 3.42. The van der Waals surface area contributed by atoms with Gasteiger partial charge >= 0.3 is 41.8 Å². The van der Waals surface area contributed by atoms with E-state index in [4.69, 9.17) is 35.7 Å². The third kappa shape index (κ3) is 27.8. The summed E-state index contributed by atoms with van der Waals surface area (Å²) < 4.78 is 0. The Morgan fingerprint density at radius 2 is 0.338 bits per heavy atom. The van der Waals surface area contributed by atoms with Crippen molar-refractivity contribution in [2.24, 2.45) is 0 Å². The molecule has 0 bridgehead atoms. The molecule has 7 N–H and O–H groups in total. The molecule has 0 aliphatic carbocycles. The molecule has 0 unspecified atom stereocenters. The number of carboxylic acids is 7. The molecular weight excluding hydrogens is 930 g/mol. The van der Waals surface area contributed by atoms with Crippen molar-refractivity contribution in [2.75, 3.05) is 0 Å². The van der Waals surface area contributed by atoms with Crippen molar-refractivity contribution in [3.8, 4) is 0 Å². The zero-order valence-electron chi connectivity index (χ0n) is 33.1. The van der Waals surface area contributed by atoms with Gasteiger partial charge in [-0.2, -0.15) is 0 Å². The van der Waals surface area contributed by atoms with Crippen LogP contribution in [-0.2, 0) is 34.7 Å². The van der Waals surface area contributed by atoms with Gasteiger partial charge in [0.2, 0.25) is 0 Å². The molecule has 7 aromatic rings. The second kappa shape index (κ2) is 35.0. The summed E-state index contributed by atoms with van der Waals surface area (Å²) >= 11 is 0. The Morgan fingerprint density at radius 1 is 0.231 bits per heavy atom. The van der Waals surface area contributed by atoms with Crippen LogP contribution in [0.1, 0.15) is 73.4 Å². The van der Waals surface area contributed by atoms with E-state index in [0.717, 1.165) is 0 Å². The van der Waals surface area contributed by atoms with Gasteiger partial charge < -0.3 is 35.7 Å². The number of nitrogens with zero attached hydrogens (tertiary/aromatic N) is 7. The van der Waals surface area contributed by atoms with Crippen LogP contribution >= 0.6 is 0 Å². The third-order valence-electron chi connectivity index (χ3n) is 6.19. The Hall–Kier alpha value is -8.60. The Bertz CT molecular complexity index is 1950. The number of carbonyl (C=O) groups is 7. The summed E-state index contributed by atoms with van der Waals surface area (Å²) in [6.45, 7) is 0. The average molecular weight is 966 g/mol. The van der Waals surface area contributed by atoms with Crippen molar-refractivity contribution in [3.63, 3.8) is 0 Å². The Morgan fingerprint density at radius 3 is 0.385 bits per heavy atom. The second-order valence-electron chi connectivity index (χ2n) is 10.6.